The molecule has 0 unspecified atom stereocenters. The number of benzene rings is 9. The zero-order valence-corrected chi connectivity index (χ0v) is 27.8. The van der Waals surface area contributed by atoms with Crippen LogP contribution in [0.25, 0.3) is 43.4 Å². The molecule has 0 bridgehead atoms. The molecule has 0 N–H and O–H groups in total. The molecule has 9 aromatic rings. The van der Waals surface area contributed by atoms with Gasteiger partial charge in [0.15, 0.2) is 11.5 Å². The van der Waals surface area contributed by atoms with Gasteiger partial charge in [0.1, 0.15) is 0 Å². The van der Waals surface area contributed by atoms with Crippen LogP contribution in [0.5, 0.6) is 11.5 Å². The van der Waals surface area contributed by atoms with Gasteiger partial charge in [0.25, 0.3) is 0 Å². The van der Waals surface area contributed by atoms with E-state index in [9.17, 15) is 0 Å². The molecule has 1 aliphatic heterocycles. The summed E-state index contributed by atoms with van der Waals surface area (Å²) in [6.07, 6.45) is 0. The molecule has 51 heavy (non-hydrogen) atoms. The number of hydrogen-bond donors (Lipinski definition) is 0. The average molecular weight is 653 g/mol. The van der Waals surface area contributed by atoms with Gasteiger partial charge in [0, 0.05) is 28.8 Å². The van der Waals surface area contributed by atoms with Crippen LogP contribution in [0.4, 0.5) is 34.1 Å². The topological polar surface area (TPSA) is 15.7 Å². The first-order valence-electron chi connectivity index (χ1n) is 17.4. The van der Waals surface area contributed by atoms with E-state index in [2.05, 4.69) is 198 Å². The van der Waals surface area contributed by atoms with Crippen LogP contribution >= 0.6 is 0 Å². The Kier molecular flexibility index (Phi) is 6.81. The molecule has 1 aliphatic rings. The number of nitrogens with zero attached hydrogens (tertiary/aromatic N) is 2. The number of ether oxygens (including phenoxy) is 1. The van der Waals surface area contributed by atoms with Crippen LogP contribution < -0.4 is 14.5 Å². The SMILES string of the molecule is c1ccc(-c2ccc3c4ccccc4c4cc(N5c6ccccc6Oc6cc(N(c7ccccc7)c7ccccc7)ccc65)ccc4c3c2)cc1. The maximum atomic E-state index is 6.69. The summed E-state index contributed by atoms with van der Waals surface area (Å²) in [5.74, 6) is 1.63. The molecule has 10 rings (SSSR count). The molecule has 9 aromatic carbocycles. The molecular weight excluding hydrogens is 621 g/mol. The molecule has 0 saturated carbocycles. The van der Waals surface area contributed by atoms with Crippen molar-refractivity contribution in [2.24, 2.45) is 0 Å². The minimum atomic E-state index is 0.805. The summed E-state index contributed by atoms with van der Waals surface area (Å²) < 4.78 is 6.69. The van der Waals surface area contributed by atoms with Crippen LogP contribution in [0, 0.1) is 0 Å². The smallest absolute Gasteiger partial charge is 0.153 e. The van der Waals surface area contributed by atoms with Crippen molar-refractivity contribution >= 4 is 66.4 Å². The normalized spacial score (nSPS) is 12.0. The minimum absolute atomic E-state index is 0.805. The van der Waals surface area contributed by atoms with E-state index < -0.39 is 0 Å². The van der Waals surface area contributed by atoms with Crippen molar-refractivity contribution in [3.8, 4) is 22.6 Å². The molecule has 0 fully saturated rings. The summed E-state index contributed by atoms with van der Waals surface area (Å²) in [6.45, 7) is 0. The van der Waals surface area contributed by atoms with Gasteiger partial charge in [-0.05, 0) is 110 Å². The number of fused-ring (bicyclic) bond motifs is 8. The van der Waals surface area contributed by atoms with Gasteiger partial charge in [-0.1, -0.05) is 121 Å². The highest BCUT2D eigenvalue weighted by Gasteiger charge is 2.27. The van der Waals surface area contributed by atoms with Crippen molar-refractivity contribution in [1.29, 1.82) is 0 Å². The van der Waals surface area contributed by atoms with Crippen LogP contribution in [0.15, 0.2) is 194 Å². The molecule has 3 nitrogen and oxygen atoms in total. The first kappa shape index (κ1) is 29.1. The van der Waals surface area contributed by atoms with E-state index in [1.807, 2.05) is 6.07 Å². The van der Waals surface area contributed by atoms with E-state index >= 15 is 0 Å². The molecule has 0 amide bonds. The van der Waals surface area contributed by atoms with E-state index in [-0.39, 0.29) is 0 Å². The summed E-state index contributed by atoms with van der Waals surface area (Å²) >= 11 is 0. The van der Waals surface area contributed by atoms with Crippen LogP contribution in [0.3, 0.4) is 0 Å². The molecular formula is C48H32N2O. The lowest BCUT2D eigenvalue weighted by Crippen LogP contribution is -2.17. The summed E-state index contributed by atoms with van der Waals surface area (Å²) in [7, 11) is 0. The Bertz CT molecular complexity index is 2690. The molecule has 0 spiro atoms. The molecule has 0 aliphatic carbocycles. The zero-order valence-electron chi connectivity index (χ0n) is 27.8. The third-order valence-corrected chi connectivity index (χ3v) is 9.98. The Morgan fingerprint density at radius 3 is 1.63 bits per heavy atom. The molecule has 1 heterocycles. The molecule has 0 saturated heterocycles. The van der Waals surface area contributed by atoms with Gasteiger partial charge in [-0.3, -0.25) is 0 Å². The monoisotopic (exact) mass is 652 g/mol. The fourth-order valence-electron chi connectivity index (χ4n) is 7.66. The van der Waals surface area contributed by atoms with E-state index in [1.165, 1.54) is 43.4 Å². The van der Waals surface area contributed by atoms with Crippen LogP contribution in [-0.4, -0.2) is 0 Å². The third kappa shape index (κ3) is 4.90. The number of rotatable bonds is 5. The highest BCUT2D eigenvalue weighted by atomic mass is 16.5. The lowest BCUT2D eigenvalue weighted by molar-refractivity contribution is 0.477. The van der Waals surface area contributed by atoms with Gasteiger partial charge in [-0.2, -0.15) is 0 Å². The van der Waals surface area contributed by atoms with E-state index in [1.54, 1.807) is 0 Å². The van der Waals surface area contributed by atoms with Gasteiger partial charge in [-0.25, -0.2) is 0 Å². The van der Waals surface area contributed by atoms with E-state index in [0.29, 0.717) is 0 Å². The van der Waals surface area contributed by atoms with E-state index in [0.717, 1.165) is 45.6 Å². The van der Waals surface area contributed by atoms with Crippen molar-refractivity contribution in [1.82, 2.24) is 0 Å². The highest BCUT2D eigenvalue weighted by Crippen LogP contribution is 2.53. The Morgan fingerprint density at radius 2 is 0.882 bits per heavy atom. The van der Waals surface area contributed by atoms with Crippen LogP contribution in [0.1, 0.15) is 0 Å². The van der Waals surface area contributed by atoms with Crippen molar-refractivity contribution in [3.63, 3.8) is 0 Å². The van der Waals surface area contributed by atoms with Crippen molar-refractivity contribution in [2.75, 3.05) is 9.80 Å². The fourth-order valence-corrected chi connectivity index (χ4v) is 7.66. The van der Waals surface area contributed by atoms with Gasteiger partial charge < -0.3 is 14.5 Å². The number of para-hydroxylation sites is 4. The largest absolute Gasteiger partial charge is 0.453 e. The highest BCUT2D eigenvalue weighted by molar-refractivity contribution is 6.26. The molecule has 240 valence electrons. The minimum Gasteiger partial charge on any atom is -0.453 e. The average Bonchev–Trinajstić information content (AvgIpc) is 3.21. The molecule has 3 heteroatoms. The second kappa shape index (κ2) is 11.9. The first-order valence-corrected chi connectivity index (χ1v) is 17.4. The van der Waals surface area contributed by atoms with Crippen molar-refractivity contribution in [3.05, 3.63) is 194 Å². The van der Waals surface area contributed by atoms with Gasteiger partial charge in [-0.15, -0.1) is 0 Å². The fraction of sp³-hybridized carbons (Fsp3) is 0. The zero-order chi connectivity index (χ0) is 33.7. The van der Waals surface area contributed by atoms with Crippen LogP contribution in [0.2, 0.25) is 0 Å². The van der Waals surface area contributed by atoms with Crippen molar-refractivity contribution < 1.29 is 4.74 Å². The third-order valence-electron chi connectivity index (χ3n) is 9.98. The van der Waals surface area contributed by atoms with Crippen LogP contribution in [-0.2, 0) is 0 Å². The summed E-state index contributed by atoms with van der Waals surface area (Å²) in [6, 6.07) is 69.0. The molecule has 0 atom stereocenters. The predicted molar refractivity (Wildman–Crippen MR) is 214 cm³/mol. The summed E-state index contributed by atoms with van der Waals surface area (Å²) in [4.78, 5) is 4.61. The second-order valence-electron chi connectivity index (χ2n) is 13.0. The van der Waals surface area contributed by atoms with Crippen molar-refractivity contribution in [2.45, 2.75) is 0 Å². The summed E-state index contributed by atoms with van der Waals surface area (Å²) in [5, 5.41) is 7.48. The Balaban J connectivity index is 1.16. The summed E-state index contributed by atoms with van der Waals surface area (Å²) in [5.41, 5.74) is 8.72. The maximum Gasteiger partial charge on any atom is 0.153 e. The Hall–Kier alpha value is -6.84. The predicted octanol–water partition coefficient (Wildman–Crippen LogP) is 13.9. The molecule has 0 aromatic heterocycles. The maximum absolute atomic E-state index is 6.69. The number of anilines is 6. The standard InChI is InChI=1S/C48H32N2O/c1-4-14-33(15-5-1)34-24-27-41-39-20-10-11-21-40(39)44-31-37(25-28-42(44)43(41)30-34)50-45-22-12-13-23-47(45)51-48-32-38(26-29-46(48)50)49(35-16-6-2-7-17-35)36-18-8-3-9-19-36/h1-32H. The lowest BCUT2D eigenvalue weighted by Gasteiger charge is -2.34. The second-order valence-corrected chi connectivity index (χ2v) is 13.0. The lowest BCUT2D eigenvalue weighted by atomic mass is 9.91. The van der Waals surface area contributed by atoms with Gasteiger partial charge >= 0.3 is 0 Å². The van der Waals surface area contributed by atoms with E-state index in [4.69, 9.17) is 4.74 Å². The quantitative estimate of drug-likeness (QED) is 0.172. The molecule has 0 radical (unpaired) electrons. The number of hydrogen-bond acceptors (Lipinski definition) is 3. The first-order chi connectivity index (χ1) is 25.3. The Morgan fingerprint density at radius 1 is 0.333 bits per heavy atom. The van der Waals surface area contributed by atoms with Gasteiger partial charge in [0.2, 0.25) is 0 Å². The Labute approximate surface area is 296 Å². The van der Waals surface area contributed by atoms with Gasteiger partial charge in [0.05, 0.1) is 11.4 Å².